The highest BCUT2D eigenvalue weighted by molar-refractivity contribution is 8.00. The van der Waals surface area contributed by atoms with Crippen molar-refractivity contribution in [1.29, 1.82) is 0 Å². The molecule has 0 saturated heterocycles. The molecule has 192 valence electrons. The number of thiol groups is 2. The molecule has 1 aliphatic heterocycles. The van der Waals surface area contributed by atoms with Gasteiger partial charge >= 0.3 is 0 Å². The number of fused-ring (bicyclic) bond motifs is 2. The van der Waals surface area contributed by atoms with Gasteiger partial charge in [-0.2, -0.15) is 25.3 Å². The van der Waals surface area contributed by atoms with Gasteiger partial charge in [-0.25, -0.2) is 0 Å². The number of carbonyl (C=O) groups is 2. The average molecular weight is 568 g/mol. The Bertz CT molecular complexity index is 1410. The van der Waals surface area contributed by atoms with Crippen LogP contribution in [0.2, 0.25) is 0 Å². The lowest BCUT2D eigenvalue weighted by Gasteiger charge is -2.14. The van der Waals surface area contributed by atoms with E-state index in [1.807, 2.05) is 48.8 Å². The van der Waals surface area contributed by atoms with Gasteiger partial charge in [-0.1, -0.05) is 36.4 Å². The van der Waals surface area contributed by atoms with Crippen LogP contribution in [0.1, 0.15) is 35.7 Å². The van der Waals surface area contributed by atoms with Gasteiger partial charge in [0.1, 0.15) is 0 Å². The Morgan fingerprint density at radius 1 is 0.730 bits per heavy atom. The van der Waals surface area contributed by atoms with Gasteiger partial charge in [0.15, 0.2) is 0 Å². The summed E-state index contributed by atoms with van der Waals surface area (Å²) >= 11 is 12.3. The fourth-order valence-electron chi connectivity index (χ4n) is 4.99. The zero-order chi connectivity index (χ0) is 26.1. The molecular formula is C28H29N3O2S4. The standard InChI is InChI=1S/C28H29N3O2S4/c1-17(36-13-11-34)30-15-21(19-7-3-5-9-23(19)30)25-26(28(33)29-27(25)32)22-16-31(18(2)37-14-12-35)24-10-6-4-8-20(22)24/h3-10,15-18,34-35H,11-14H2,1-2H3,(H,29,32,33). The summed E-state index contributed by atoms with van der Waals surface area (Å²) in [5.74, 6) is 2.72. The van der Waals surface area contributed by atoms with Crippen molar-refractivity contribution in [2.24, 2.45) is 0 Å². The molecule has 37 heavy (non-hydrogen) atoms. The second-order valence-corrected chi connectivity index (χ2v) is 12.6. The number of aromatic nitrogens is 2. The van der Waals surface area contributed by atoms with Crippen LogP contribution < -0.4 is 5.32 Å². The molecule has 0 radical (unpaired) electrons. The van der Waals surface area contributed by atoms with Crippen LogP contribution in [0.4, 0.5) is 0 Å². The number of imide groups is 1. The molecule has 5 nitrogen and oxygen atoms in total. The lowest BCUT2D eigenvalue weighted by atomic mass is 9.95. The van der Waals surface area contributed by atoms with Gasteiger partial charge in [0, 0.05) is 56.8 Å². The van der Waals surface area contributed by atoms with Crippen LogP contribution >= 0.6 is 48.8 Å². The maximum absolute atomic E-state index is 13.3. The highest BCUT2D eigenvalue weighted by Crippen LogP contribution is 2.41. The second-order valence-electron chi connectivity index (χ2n) is 8.86. The molecule has 0 fully saturated rings. The van der Waals surface area contributed by atoms with Crippen molar-refractivity contribution in [2.45, 2.75) is 24.6 Å². The number of rotatable bonds is 10. The Hall–Kier alpha value is -2.20. The Balaban J connectivity index is 1.73. The summed E-state index contributed by atoms with van der Waals surface area (Å²) in [5.41, 5.74) is 4.50. The topological polar surface area (TPSA) is 56.0 Å². The summed E-state index contributed by atoms with van der Waals surface area (Å²) in [6.45, 7) is 4.30. The van der Waals surface area contributed by atoms with Crippen molar-refractivity contribution in [3.05, 3.63) is 72.1 Å². The Kier molecular flexibility index (Phi) is 8.04. The molecule has 2 amide bonds. The predicted octanol–water partition coefficient (Wildman–Crippen LogP) is 6.53. The molecule has 2 aromatic heterocycles. The van der Waals surface area contributed by atoms with Crippen molar-refractivity contribution in [3.63, 3.8) is 0 Å². The van der Waals surface area contributed by atoms with Crippen LogP contribution in [0.25, 0.3) is 33.0 Å². The summed E-state index contributed by atoms with van der Waals surface area (Å²) in [5, 5.41) is 4.81. The highest BCUT2D eigenvalue weighted by atomic mass is 32.2. The maximum atomic E-state index is 13.3. The Morgan fingerprint density at radius 3 is 1.54 bits per heavy atom. The molecule has 2 aromatic carbocycles. The third-order valence-electron chi connectivity index (χ3n) is 6.64. The van der Waals surface area contributed by atoms with Crippen LogP contribution in [0.5, 0.6) is 0 Å². The van der Waals surface area contributed by atoms with E-state index < -0.39 is 0 Å². The van der Waals surface area contributed by atoms with Crippen molar-refractivity contribution >= 4 is 93.5 Å². The van der Waals surface area contributed by atoms with E-state index in [9.17, 15) is 9.59 Å². The molecule has 0 aliphatic carbocycles. The summed E-state index contributed by atoms with van der Waals surface area (Å²) < 4.78 is 4.39. The van der Waals surface area contributed by atoms with E-state index in [1.165, 1.54) is 0 Å². The van der Waals surface area contributed by atoms with E-state index in [0.29, 0.717) is 11.1 Å². The molecule has 0 saturated carbocycles. The molecular weight excluding hydrogens is 539 g/mol. The van der Waals surface area contributed by atoms with Crippen molar-refractivity contribution in [2.75, 3.05) is 23.0 Å². The molecule has 1 N–H and O–H groups in total. The molecule has 0 bridgehead atoms. The first-order valence-corrected chi connectivity index (χ1v) is 15.6. The summed E-state index contributed by atoms with van der Waals surface area (Å²) in [4.78, 5) is 26.7. The number of nitrogens with zero attached hydrogens (tertiary/aromatic N) is 2. The number of amides is 2. The third-order valence-corrected chi connectivity index (χ3v) is 9.99. The monoisotopic (exact) mass is 567 g/mol. The minimum atomic E-state index is -0.354. The first kappa shape index (κ1) is 26.4. The van der Waals surface area contributed by atoms with E-state index in [-0.39, 0.29) is 22.6 Å². The lowest BCUT2D eigenvalue weighted by molar-refractivity contribution is -0.122. The molecule has 0 spiro atoms. The fourth-order valence-corrected chi connectivity index (χ4v) is 7.18. The van der Waals surface area contributed by atoms with E-state index in [4.69, 9.17) is 0 Å². The fraction of sp³-hybridized carbons (Fsp3) is 0.286. The number of thioether (sulfide) groups is 2. The zero-order valence-electron chi connectivity index (χ0n) is 20.7. The van der Waals surface area contributed by atoms with Gasteiger partial charge in [0.25, 0.3) is 11.8 Å². The number of benzene rings is 2. The van der Waals surface area contributed by atoms with Gasteiger partial charge in [-0.3, -0.25) is 14.9 Å². The van der Waals surface area contributed by atoms with Crippen molar-refractivity contribution < 1.29 is 9.59 Å². The van der Waals surface area contributed by atoms with Crippen LogP contribution in [-0.2, 0) is 9.59 Å². The smallest absolute Gasteiger partial charge is 0.259 e. The van der Waals surface area contributed by atoms with Gasteiger partial charge in [0.05, 0.1) is 21.9 Å². The number of hydrogen-bond acceptors (Lipinski definition) is 6. The number of carbonyl (C=O) groups excluding carboxylic acids is 2. The molecule has 4 aromatic rings. The number of para-hydroxylation sites is 2. The average Bonchev–Trinajstić information content (AvgIpc) is 3.56. The van der Waals surface area contributed by atoms with Gasteiger partial charge in [0.2, 0.25) is 0 Å². The van der Waals surface area contributed by atoms with E-state index in [1.54, 1.807) is 23.5 Å². The number of nitrogens with one attached hydrogen (secondary N) is 1. The van der Waals surface area contributed by atoms with Crippen LogP contribution in [0.3, 0.4) is 0 Å². The highest BCUT2D eigenvalue weighted by Gasteiger charge is 2.35. The van der Waals surface area contributed by atoms with E-state index in [2.05, 4.69) is 65.7 Å². The van der Waals surface area contributed by atoms with Crippen LogP contribution in [-0.4, -0.2) is 44.0 Å². The van der Waals surface area contributed by atoms with Gasteiger partial charge in [-0.05, 0) is 37.5 Å². The Labute approximate surface area is 236 Å². The largest absolute Gasteiger partial charge is 0.335 e. The third kappa shape index (κ3) is 4.87. The first-order chi connectivity index (χ1) is 18.0. The van der Waals surface area contributed by atoms with E-state index in [0.717, 1.165) is 55.9 Å². The molecule has 2 unspecified atom stereocenters. The summed E-state index contributed by atoms with van der Waals surface area (Å²) in [6.07, 6.45) is 4.05. The Morgan fingerprint density at radius 2 is 1.14 bits per heavy atom. The number of hydrogen-bond donors (Lipinski definition) is 3. The second kappa shape index (κ2) is 11.3. The quantitative estimate of drug-likeness (QED) is 0.151. The minimum absolute atomic E-state index is 0.154. The summed E-state index contributed by atoms with van der Waals surface area (Å²) in [6, 6.07) is 16.1. The minimum Gasteiger partial charge on any atom is -0.335 e. The summed E-state index contributed by atoms with van der Waals surface area (Å²) in [7, 11) is 0. The maximum Gasteiger partial charge on any atom is 0.259 e. The predicted molar refractivity (Wildman–Crippen MR) is 166 cm³/mol. The molecule has 3 heterocycles. The first-order valence-electron chi connectivity index (χ1n) is 12.2. The molecule has 2 atom stereocenters. The van der Waals surface area contributed by atoms with E-state index >= 15 is 0 Å². The van der Waals surface area contributed by atoms with Crippen molar-refractivity contribution in [1.82, 2.24) is 14.5 Å². The molecule has 5 rings (SSSR count). The van der Waals surface area contributed by atoms with Crippen LogP contribution in [0.15, 0.2) is 60.9 Å². The lowest BCUT2D eigenvalue weighted by Crippen LogP contribution is -2.22. The molecule has 9 heteroatoms. The van der Waals surface area contributed by atoms with Crippen LogP contribution in [0, 0.1) is 0 Å². The van der Waals surface area contributed by atoms with Gasteiger partial charge < -0.3 is 9.13 Å². The molecule has 1 aliphatic rings. The normalized spacial score (nSPS) is 15.7. The van der Waals surface area contributed by atoms with Gasteiger partial charge in [-0.15, -0.1) is 23.5 Å². The SMILES string of the molecule is CC(SCCS)n1cc(C2=C(c3cn(C(C)SCCS)c4ccccc34)C(=O)NC2=O)c2ccccc21. The zero-order valence-corrected chi connectivity index (χ0v) is 24.1. The van der Waals surface area contributed by atoms with Crippen molar-refractivity contribution in [3.8, 4) is 0 Å².